The molecule has 1 aromatic carbocycles. The highest BCUT2D eigenvalue weighted by molar-refractivity contribution is 5.74. The van der Waals surface area contributed by atoms with Gasteiger partial charge in [-0.05, 0) is 25.3 Å². The Balaban J connectivity index is 1.40. The van der Waals surface area contributed by atoms with Crippen LogP contribution in [0.1, 0.15) is 24.0 Å². The number of hydrogen-bond acceptors (Lipinski definition) is 3. The lowest BCUT2D eigenvalue weighted by Gasteiger charge is -2.35. The van der Waals surface area contributed by atoms with Crippen molar-refractivity contribution >= 4 is 6.03 Å². The zero-order valence-corrected chi connectivity index (χ0v) is 14.9. The fourth-order valence-corrected chi connectivity index (χ4v) is 3.41. The molecule has 1 aliphatic carbocycles. The molecule has 0 radical (unpaired) electrons. The Morgan fingerprint density at radius 1 is 1.25 bits per heavy atom. The minimum absolute atomic E-state index is 0.0765. The zero-order valence-electron chi connectivity index (χ0n) is 14.9. The van der Waals surface area contributed by atoms with Crippen molar-refractivity contribution in [2.24, 2.45) is 5.41 Å². The predicted molar refractivity (Wildman–Crippen MR) is 95.0 cm³/mol. The Kier molecular flexibility index (Phi) is 5.41. The summed E-state index contributed by atoms with van der Waals surface area (Å²) in [7, 11) is 1.73. The van der Waals surface area contributed by atoms with Crippen molar-refractivity contribution in [2.75, 3.05) is 46.4 Å². The number of amides is 2. The van der Waals surface area contributed by atoms with Crippen LogP contribution in [0.4, 0.5) is 4.79 Å². The molecule has 1 heterocycles. The molecular weight excluding hydrogens is 302 g/mol. The van der Waals surface area contributed by atoms with Crippen LogP contribution in [0.15, 0.2) is 24.3 Å². The summed E-state index contributed by atoms with van der Waals surface area (Å²) in [6.07, 6.45) is 2.32. The fraction of sp³-hybridized carbons (Fsp3) is 0.632. The maximum Gasteiger partial charge on any atom is 0.317 e. The number of aryl methyl sites for hydroxylation is 1. The number of urea groups is 1. The van der Waals surface area contributed by atoms with Gasteiger partial charge in [-0.3, -0.25) is 4.90 Å². The summed E-state index contributed by atoms with van der Waals surface area (Å²) in [5.74, 6) is 0. The zero-order chi connectivity index (χ0) is 17.0. The molecule has 2 fully saturated rings. The molecule has 2 aliphatic rings. The van der Waals surface area contributed by atoms with E-state index in [1.807, 2.05) is 4.90 Å². The molecule has 24 heavy (non-hydrogen) atoms. The van der Waals surface area contributed by atoms with Gasteiger partial charge in [0.2, 0.25) is 0 Å². The first-order valence-electron chi connectivity index (χ1n) is 8.90. The minimum Gasteiger partial charge on any atom is -0.384 e. The quantitative estimate of drug-likeness (QED) is 0.869. The SMILES string of the molecule is COCC1(CNC(=O)N2CCN(Cc3cccc(C)c3)CC2)CC1. The second-order valence-electron chi connectivity index (χ2n) is 7.34. The molecule has 1 aliphatic heterocycles. The molecule has 0 atom stereocenters. The van der Waals surface area contributed by atoms with Crippen molar-refractivity contribution < 1.29 is 9.53 Å². The second kappa shape index (κ2) is 7.53. The number of hydrogen-bond donors (Lipinski definition) is 1. The van der Waals surface area contributed by atoms with Crippen LogP contribution < -0.4 is 5.32 Å². The summed E-state index contributed by atoms with van der Waals surface area (Å²) in [6.45, 7) is 8.05. The Bertz CT molecular complexity index is 563. The topological polar surface area (TPSA) is 44.8 Å². The number of methoxy groups -OCH3 is 1. The van der Waals surface area contributed by atoms with E-state index in [0.717, 1.165) is 58.7 Å². The van der Waals surface area contributed by atoms with Crippen LogP contribution in [0, 0.1) is 12.3 Å². The standard InChI is InChI=1S/C19H29N3O2/c1-16-4-3-5-17(12-16)13-21-8-10-22(11-9-21)18(23)20-14-19(6-7-19)15-24-2/h3-5,12H,6-11,13-15H2,1-2H3,(H,20,23). The smallest absolute Gasteiger partial charge is 0.317 e. The predicted octanol–water partition coefficient (Wildman–Crippen LogP) is 2.25. The number of rotatable bonds is 6. The second-order valence-corrected chi connectivity index (χ2v) is 7.34. The van der Waals surface area contributed by atoms with E-state index in [1.165, 1.54) is 11.1 Å². The number of carbonyl (C=O) groups excluding carboxylic acids is 1. The lowest BCUT2D eigenvalue weighted by atomic mass is 10.1. The Labute approximate surface area is 145 Å². The van der Waals surface area contributed by atoms with Gasteiger partial charge >= 0.3 is 6.03 Å². The molecule has 0 bridgehead atoms. The average molecular weight is 331 g/mol. The summed E-state index contributed by atoms with van der Waals surface area (Å²) in [5, 5.41) is 3.10. The van der Waals surface area contributed by atoms with Gasteiger partial charge in [0.05, 0.1) is 6.61 Å². The van der Waals surface area contributed by atoms with E-state index in [9.17, 15) is 4.79 Å². The van der Waals surface area contributed by atoms with Gasteiger partial charge in [-0.25, -0.2) is 4.79 Å². The van der Waals surface area contributed by atoms with Gasteiger partial charge in [-0.2, -0.15) is 0 Å². The Hall–Kier alpha value is -1.59. The van der Waals surface area contributed by atoms with Gasteiger partial charge in [-0.15, -0.1) is 0 Å². The molecule has 0 spiro atoms. The van der Waals surface area contributed by atoms with Crippen molar-refractivity contribution in [3.63, 3.8) is 0 Å². The molecule has 1 saturated carbocycles. The summed E-state index contributed by atoms with van der Waals surface area (Å²) in [5.41, 5.74) is 2.86. The van der Waals surface area contributed by atoms with E-state index >= 15 is 0 Å². The van der Waals surface area contributed by atoms with Gasteiger partial charge in [0.25, 0.3) is 0 Å². The van der Waals surface area contributed by atoms with Crippen molar-refractivity contribution in [1.82, 2.24) is 15.1 Å². The molecule has 3 rings (SSSR count). The lowest BCUT2D eigenvalue weighted by molar-refractivity contribution is 0.124. The largest absolute Gasteiger partial charge is 0.384 e. The molecular formula is C19H29N3O2. The number of nitrogens with zero attached hydrogens (tertiary/aromatic N) is 2. The molecule has 1 N–H and O–H groups in total. The number of carbonyl (C=O) groups is 1. The van der Waals surface area contributed by atoms with E-state index in [2.05, 4.69) is 41.4 Å². The maximum atomic E-state index is 12.3. The molecule has 0 unspecified atom stereocenters. The highest BCUT2D eigenvalue weighted by Gasteiger charge is 2.43. The monoisotopic (exact) mass is 331 g/mol. The van der Waals surface area contributed by atoms with Gasteiger partial charge in [-0.1, -0.05) is 29.8 Å². The first-order chi connectivity index (χ1) is 11.6. The molecule has 5 nitrogen and oxygen atoms in total. The van der Waals surface area contributed by atoms with E-state index in [-0.39, 0.29) is 11.4 Å². The molecule has 5 heteroatoms. The van der Waals surface area contributed by atoms with Crippen LogP contribution in [0.3, 0.4) is 0 Å². The number of piperazine rings is 1. The van der Waals surface area contributed by atoms with Gasteiger partial charge in [0.15, 0.2) is 0 Å². The fourth-order valence-electron chi connectivity index (χ4n) is 3.41. The minimum atomic E-state index is 0.0765. The van der Waals surface area contributed by atoms with Gasteiger partial charge < -0.3 is 15.0 Å². The van der Waals surface area contributed by atoms with E-state index in [4.69, 9.17) is 4.74 Å². The Morgan fingerprint density at radius 3 is 2.62 bits per heavy atom. The lowest BCUT2D eigenvalue weighted by Crippen LogP contribution is -2.52. The highest BCUT2D eigenvalue weighted by atomic mass is 16.5. The molecule has 1 aromatic rings. The van der Waals surface area contributed by atoms with E-state index in [1.54, 1.807) is 7.11 Å². The normalized spacial score (nSPS) is 20.0. The first-order valence-corrected chi connectivity index (χ1v) is 8.90. The summed E-state index contributed by atoms with van der Waals surface area (Å²) in [4.78, 5) is 16.7. The maximum absolute atomic E-state index is 12.3. The van der Waals surface area contributed by atoms with Crippen LogP contribution in [0.2, 0.25) is 0 Å². The number of benzene rings is 1. The summed E-state index contributed by atoms with van der Waals surface area (Å²) >= 11 is 0. The van der Waals surface area contributed by atoms with Crippen molar-refractivity contribution in [3.8, 4) is 0 Å². The summed E-state index contributed by atoms with van der Waals surface area (Å²) in [6, 6.07) is 8.73. The van der Waals surface area contributed by atoms with E-state index in [0.29, 0.717) is 0 Å². The third kappa shape index (κ3) is 4.48. The Morgan fingerprint density at radius 2 is 2.00 bits per heavy atom. The van der Waals surface area contributed by atoms with Crippen molar-refractivity contribution in [2.45, 2.75) is 26.3 Å². The molecule has 1 saturated heterocycles. The van der Waals surface area contributed by atoms with Crippen molar-refractivity contribution in [1.29, 1.82) is 0 Å². The first kappa shape index (κ1) is 17.2. The molecule has 132 valence electrons. The molecule has 0 aromatic heterocycles. The van der Waals surface area contributed by atoms with Crippen LogP contribution in [-0.2, 0) is 11.3 Å². The van der Waals surface area contributed by atoms with Crippen LogP contribution >= 0.6 is 0 Å². The van der Waals surface area contributed by atoms with Crippen LogP contribution in [0.25, 0.3) is 0 Å². The number of ether oxygens (including phenoxy) is 1. The summed E-state index contributed by atoms with van der Waals surface area (Å²) < 4.78 is 5.25. The van der Waals surface area contributed by atoms with Gasteiger partial charge in [0, 0.05) is 51.8 Å². The van der Waals surface area contributed by atoms with Crippen LogP contribution in [-0.4, -0.2) is 62.3 Å². The highest BCUT2D eigenvalue weighted by Crippen LogP contribution is 2.45. The third-order valence-corrected chi connectivity index (χ3v) is 5.17. The third-order valence-electron chi connectivity index (χ3n) is 5.17. The van der Waals surface area contributed by atoms with Crippen LogP contribution in [0.5, 0.6) is 0 Å². The molecule has 2 amide bonds. The van der Waals surface area contributed by atoms with E-state index < -0.39 is 0 Å². The van der Waals surface area contributed by atoms with Crippen molar-refractivity contribution in [3.05, 3.63) is 35.4 Å². The average Bonchev–Trinajstić information content (AvgIpc) is 3.34. The number of nitrogens with one attached hydrogen (secondary N) is 1. The van der Waals surface area contributed by atoms with Gasteiger partial charge in [0.1, 0.15) is 0 Å².